The molecule has 0 spiro atoms. The Bertz CT molecular complexity index is 741. The van der Waals surface area contributed by atoms with E-state index in [1.54, 1.807) is 6.92 Å². The van der Waals surface area contributed by atoms with Crippen LogP contribution in [0.25, 0.3) is 0 Å². The Kier molecular flexibility index (Phi) is 7.00. The Morgan fingerprint density at radius 3 is 2.42 bits per heavy atom. The van der Waals surface area contributed by atoms with E-state index in [1.807, 2.05) is 13.8 Å². The van der Waals surface area contributed by atoms with Gasteiger partial charge < -0.3 is 9.73 Å². The van der Waals surface area contributed by atoms with E-state index in [2.05, 4.69) is 15.5 Å². The fourth-order valence-corrected chi connectivity index (χ4v) is 2.60. The highest BCUT2D eigenvalue weighted by Gasteiger charge is 2.21. The number of rotatable bonds is 9. The Balaban J connectivity index is 1.84. The molecule has 1 atom stereocenters. The van der Waals surface area contributed by atoms with Crippen molar-refractivity contribution >= 4 is 11.7 Å². The molecule has 2 aromatic rings. The van der Waals surface area contributed by atoms with Gasteiger partial charge in [0.1, 0.15) is 11.9 Å². The van der Waals surface area contributed by atoms with E-state index < -0.39 is 0 Å². The smallest absolute Gasteiger partial charge is 0.238 e. The van der Waals surface area contributed by atoms with Crippen LogP contribution < -0.4 is 5.32 Å². The third-order valence-electron chi connectivity index (χ3n) is 3.86. The van der Waals surface area contributed by atoms with Gasteiger partial charge in [-0.2, -0.15) is 0 Å². The second-order valence-electron chi connectivity index (χ2n) is 6.69. The second-order valence-corrected chi connectivity index (χ2v) is 6.69. The van der Waals surface area contributed by atoms with Crippen LogP contribution in [0, 0.1) is 18.7 Å². The molecule has 0 aliphatic carbocycles. The minimum Gasteiger partial charge on any atom is -0.423 e. The zero-order valence-corrected chi connectivity index (χ0v) is 15.3. The third-order valence-corrected chi connectivity index (χ3v) is 3.86. The van der Waals surface area contributed by atoms with Crippen molar-refractivity contribution in [3.8, 4) is 0 Å². The Hall–Kier alpha value is -2.57. The normalized spacial score (nSPS) is 12.2. The molecule has 0 aliphatic rings. The summed E-state index contributed by atoms with van der Waals surface area (Å²) < 4.78 is 18.3. The molecule has 1 aromatic heterocycles. The Morgan fingerprint density at radius 1 is 1.15 bits per heavy atom. The lowest BCUT2D eigenvalue weighted by Crippen LogP contribution is -2.29. The van der Waals surface area contributed by atoms with Crippen LogP contribution in [0.1, 0.15) is 67.7 Å². The number of benzene rings is 1. The molecular weight excluding hydrogens is 337 g/mol. The van der Waals surface area contributed by atoms with Crippen molar-refractivity contribution in [2.24, 2.45) is 5.92 Å². The van der Waals surface area contributed by atoms with Gasteiger partial charge >= 0.3 is 0 Å². The number of nitrogens with one attached hydrogen (secondary N) is 1. The highest BCUT2D eigenvalue weighted by Crippen LogP contribution is 2.20. The molecular formula is C19H24FN3O3. The predicted octanol–water partition coefficient (Wildman–Crippen LogP) is 3.77. The summed E-state index contributed by atoms with van der Waals surface area (Å²) in [6.07, 6.45) is 1.55. The minimum absolute atomic E-state index is 0.107. The lowest BCUT2D eigenvalue weighted by Gasteiger charge is -2.17. The summed E-state index contributed by atoms with van der Waals surface area (Å²) in [6, 6.07) is 5.07. The van der Waals surface area contributed by atoms with Crippen LogP contribution in [-0.2, 0) is 4.79 Å². The first-order valence-corrected chi connectivity index (χ1v) is 8.73. The van der Waals surface area contributed by atoms with Crippen LogP contribution in [0.15, 0.2) is 28.7 Å². The number of Topliss-reactive ketones (excluding diaryl/α,β-unsaturated/α-hetero) is 1. The van der Waals surface area contributed by atoms with Crippen molar-refractivity contribution in [2.75, 3.05) is 0 Å². The zero-order valence-electron chi connectivity index (χ0n) is 15.3. The SMILES string of the molecule is Cc1nnc(C(CC(C)C)NC(=O)CCCC(=O)c2ccc(F)cc2)o1. The lowest BCUT2D eigenvalue weighted by atomic mass is 10.0. The number of halogens is 1. The summed E-state index contributed by atoms with van der Waals surface area (Å²) >= 11 is 0. The molecule has 1 N–H and O–H groups in total. The van der Waals surface area contributed by atoms with E-state index in [0.717, 1.165) is 0 Å². The largest absolute Gasteiger partial charge is 0.423 e. The number of aromatic nitrogens is 2. The summed E-state index contributed by atoms with van der Waals surface area (Å²) in [5.41, 5.74) is 0.450. The van der Waals surface area contributed by atoms with E-state index in [9.17, 15) is 14.0 Å². The first-order chi connectivity index (χ1) is 12.3. The van der Waals surface area contributed by atoms with Gasteiger partial charge in [0.25, 0.3) is 0 Å². The van der Waals surface area contributed by atoms with Crippen molar-refractivity contribution in [1.29, 1.82) is 0 Å². The molecule has 0 saturated carbocycles. The van der Waals surface area contributed by atoms with Crippen LogP contribution in [0.4, 0.5) is 4.39 Å². The average Bonchev–Trinajstić information content (AvgIpc) is 3.01. The van der Waals surface area contributed by atoms with Gasteiger partial charge in [-0.25, -0.2) is 4.39 Å². The number of hydrogen-bond donors (Lipinski definition) is 1. The average molecular weight is 361 g/mol. The number of hydrogen-bond acceptors (Lipinski definition) is 5. The first-order valence-electron chi connectivity index (χ1n) is 8.73. The number of aryl methyl sites for hydroxylation is 1. The highest BCUT2D eigenvalue weighted by atomic mass is 19.1. The van der Waals surface area contributed by atoms with Gasteiger partial charge in [-0.15, -0.1) is 10.2 Å². The molecule has 2 rings (SSSR count). The molecule has 26 heavy (non-hydrogen) atoms. The van der Waals surface area contributed by atoms with Crippen molar-refractivity contribution in [1.82, 2.24) is 15.5 Å². The number of nitrogens with zero attached hydrogens (tertiary/aromatic N) is 2. The summed E-state index contributed by atoms with van der Waals surface area (Å²) in [5, 5.41) is 10.7. The van der Waals surface area contributed by atoms with Crippen LogP contribution in [0.3, 0.4) is 0 Å². The molecule has 0 radical (unpaired) electrons. The highest BCUT2D eigenvalue weighted by molar-refractivity contribution is 5.96. The number of carbonyl (C=O) groups excluding carboxylic acids is 2. The van der Waals surface area contributed by atoms with E-state index in [4.69, 9.17) is 4.42 Å². The van der Waals surface area contributed by atoms with E-state index >= 15 is 0 Å². The Morgan fingerprint density at radius 2 is 1.85 bits per heavy atom. The summed E-state index contributed by atoms with van der Waals surface area (Å²) in [6.45, 7) is 5.79. The summed E-state index contributed by atoms with van der Waals surface area (Å²) in [4.78, 5) is 24.3. The van der Waals surface area contributed by atoms with Crippen molar-refractivity contribution in [3.05, 3.63) is 47.4 Å². The van der Waals surface area contributed by atoms with E-state index in [1.165, 1.54) is 24.3 Å². The van der Waals surface area contributed by atoms with Gasteiger partial charge in [-0.1, -0.05) is 13.8 Å². The molecule has 7 heteroatoms. The van der Waals surface area contributed by atoms with Gasteiger partial charge in [0, 0.05) is 25.3 Å². The fourth-order valence-electron chi connectivity index (χ4n) is 2.60. The molecule has 1 aromatic carbocycles. The van der Waals surface area contributed by atoms with Crippen molar-refractivity contribution in [2.45, 2.75) is 52.5 Å². The zero-order chi connectivity index (χ0) is 19.1. The number of ketones is 1. The van der Waals surface area contributed by atoms with Gasteiger partial charge in [-0.05, 0) is 43.0 Å². The fraction of sp³-hybridized carbons (Fsp3) is 0.474. The van der Waals surface area contributed by atoms with Crippen molar-refractivity contribution < 1.29 is 18.4 Å². The van der Waals surface area contributed by atoms with Crippen LogP contribution in [0.2, 0.25) is 0 Å². The molecule has 0 saturated heterocycles. The molecule has 1 amide bonds. The maximum Gasteiger partial charge on any atom is 0.238 e. The minimum atomic E-state index is -0.381. The number of amides is 1. The van der Waals surface area contributed by atoms with Gasteiger partial charge in [0.2, 0.25) is 17.7 Å². The maximum absolute atomic E-state index is 12.9. The topological polar surface area (TPSA) is 85.1 Å². The molecule has 6 nitrogen and oxygen atoms in total. The van der Waals surface area contributed by atoms with Gasteiger partial charge in [-0.3, -0.25) is 9.59 Å². The Labute approximate surface area is 152 Å². The van der Waals surface area contributed by atoms with Crippen molar-refractivity contribution in [3.63, 3.8) is 0 Å². The standard InChI is InChI=1S/C19H24FN3O3/c1-12(2)11-16(19-23-22-13(3)26-19)21-18(25)6-4-5-17(24)14-7-9-15(20)10-8-14/h7-10,12,16H,4-6,11H2,1-3H3,(H,21,25). The lowest BCUT2D eigenvalue weighted by molar-refractivity contribution is -0.122. The van der Waals surface area contributed by atoms with E-state index in [-0.39, 0.29) is 36.4 Å². The molecule has 1 unspecified atom stereocenters. The molecule has 140 valence electrons. The van der Waals surface area contributed by atoms with Gasteiger partial charge in [0.05, 0.1) is 0 Å². The third kappa shape index (κ3) is 6.06. The maximum atomic E-state index is 12.9. The quantitative estimate of drug-likeness (QED) is 0.687. The predicted molar refractivity (Wildman–Crippen MR) is 94.0 cm³/mol. The first kappa shape index (κ1) is 19.8. The molecule has 0 fully saturated rings. The van der Waals surface area contributed by atoms with Crippen LogP contribution in [-0.4, -0.2) is 21.9 Å². The summed E-state index contributed by atoms with van der Waals surface area (Å²) in [7, 11) is 0. The van der Waals surface area contributed by atoms with Gasteiger partial charge in [0.15, 0.2) is 5.78 Å². The van der Waals surface area contributed by atoms with Crippen LogP contribution in [0.5, 0.6) is 0 Å². The van der Waals surface area contributed by atoms with E-state index in [0.29, 0.717) is 36.1 Å². The monoisotopic (exact) mass is 361 g/mol. The number of carbonyl (C=O) groups is 2. The van der Waals surface area contributed by atoms with Crippen LogP contribution >= 0.6 is 0 Å². The molecule has 1 heterocycles. The molecule has 0 aliphatic heterocycles. The molecule has 0 bridgehead atoms. The second kappa shape index (κ2) is 9.22. The summed E-state index contributed by atoms with van der Waals surface area (Å²) in [5.74, 6) is 0.531.